The van der Waals surface area contributed by atoms with Crippen LogP contribution in [0.25, 0.3) is 0 Å². The van der Waals surface area contributed by atoms with Gasteiger partial charge in [-0.1, -0.05) is 6.58 Å². The van der Waals surface area contributed by atoms with E-state index in [2.05, 4.69) is 6.58 Å². The van der Waals surface area contributed by atoms with E-state index in [0.29, 0.717) is 13.0 Å². The first-order valence-corrected chi connectivity index (χ1v) is 3.52. The molecule has 0 spiro atoms. The molecule has 0 aromatic rings. The van der Waals surface area contributed by atoms with Gasteiger partial charge >= 0.3 is 0 Å². The Hall–Kier alpha value is -1.13. The molecule has 74 valence electrons. The van der Waals surface area contributed by atoms with Crippen molar-refractivity contribution in [1.82, 2.24) is 0 Å². The summed E-state index contributed by atoms with van der Waals surface area (Å²) in [6.07, 6.45) is -3.23. The van der Waals surface area contributed by atoms with Crippen molar-refractivity contribution in [3.63, 3.8) is 0 Å². The summed E-state index contributed by atoms with van der Waals surface area (Å²) >= 11 is 0. The molecular weight excluding hydrogens is 185 g/mol. The molecule has 2 nitrogen and oxygen atoms in total. The number of allylic oxidation sites excluding steroid dienone is 1. The van der Waals surface area contributed by atoms with Crippen LogP contribution < -0.4 is 0 Å². The molecule has 1 atom stereocenters. The van der Waals surface area contributed by atoms with E-state index in [4.69, 9.17) is 0 Å². The first-order valence-electron chi connectivity index (χ1n) is 3.52. The summed E-state index contributed by atoms with van der Waals surface area (Å²) in [5.74, 6) is -6.24. The van der Waals surface area contributed by atoms with Crippen molar-refractivity contribution in [3.05, 3.63) is 12.7 Å². The van der Waals surface area contributed by atoms with Gasteiger partial charge in [-0.2, -0.15) is 0 Å². The minimum atomic E-state index is -3.78. The zero-order valence-corrected chi connectivity index (χ0v) is 7.02. The van der Waals surface area contributed by atoms with Gasteiger partial charge in [0.2, 0.25) is 11.6 Å². The third kappa shape index (κ3) is 3.40. The minimum Gasteiger partial charge on any atom is -0.290 e. The molecule has 0 saturated carbocycles. The average molecular weight is 194 g/mol. The summed E-state index contributed by atoms with van der Waals surface area (Å²) in [7, 11) is 0. The first kappa shape index (κ1) is 11.9. The molecule has 0 aliphatic carbocycles. The van der Waals surface area contributed by atoms with Gasteiger partial charge in [-0.05, 0) is 13.0 Å². The fourth-order valence-electron chi connectivity index (χ4n) is 0.556. The van der Waals surface area contributed by atoms with Gasteiger partial charge in [-0.25, -0.2) is 13.2 Å². The predicted octanol–water partition coefficient (Wildman–Crippen LogP) is 1.69. The summed E-state index contributed by atoms with van der Waals surface area (Å²) in [5.41, 5.74) is 0. The van der Waals surface area contributed by atoms with E-state index in [1.165, 1.54) is 0 Å². The Morgan fingerprint density at radius 1 is 1.54 bits per heavy atom. The van der Waals surface area contributed by atoms with Crippen molar-refractivity contribution in [1.29, 1.82) is 0 Å². The maximum absolute atomic E-state index is 12.5. The molecule has 1 unspecified atom stereocenters. The average Bonchev–Trinajstić information content (AvgIpc) is 2.01. The monoisotopic (exact) mass is 194 g/mol. The van der Waals surface area contributed by atoms with E-state index in [1.807, 2.05) is 0 Å². The molecule has 0 aliphatic rings. The Balaban J connectivity index is 4.36. The molecule has 0 amide bonds. The third-order valence-electron chi connectivity index (χ3n) is 1.44. The molecule has 0 aromatic carbocycles. The van der Waals surface area contributed by atoms with Gasteiger partial charge in [0.1, 0.15) is 0 Å². The smallest absolute Gasteiger partial charge is 0.285 e. The van der Waals surface area contributed by atoms with Crippen molar-refractivity contribution in [2.24, 2.45) is 0 Å². The molecule has 0 fully saturated rings. The zero-order valence-electron chi connectivity index (χ0n) is 7.02. The van der Waals surface area contributed by atoms with Crippen molar-refractivity contribution in [2.75, 3.05) is 0 Å². The Morgan fingerprint density at radius 2 is 2.00 bits per heavy atom. The van der Waals surface area contributed by atoms with Gasteiger partial charge in [0, 0.05) is 0 Å². The van der Waals surface area contributed by atoms with Crippen molar-refractivity contribution in [2.45, 2.75) is 25.4 Å². The Labute approximate surface area is 73.4 Å². The summed E-state index contributed by atoms with van der Waals surface area (Å²) in [6, 6.07) is 0. The number of halogens is 3. The second kappa shape index (κ2) is 4.20. The summed E-state index contributed by atoms with van der Waals surface area (Å²) < 4.78 is 37.2. The first-order chi connectivity index (χ1) is 5.81. The molecule has 0 N–H and O–H groups in total. The zero-order chi connectivity index (χ0) is 10.6. The molecule has 0 rings (SSSR count). The normalized spacial score (nSPS) is 13.5. The molecule has 0 aromatic heterocycles. The van der Waals surface area contributed by atoms with E-state index in [1.54, 1.807) is 0 Å². The highest BCUT2D eigenvalue weighted by Gasteiger charge is 2.40. The highest BCUT2D eigenvalue weighted by molar-refractivity contribution is 6.41. The SMILES string of the molecule is C=CC(=O)C(=O)CC(F)(F)C(C)F. The second-order valence-electron chi connectivity index (χ2n) is 2.55. The standard InChI is InChI=1S/C8H9F3O2/c1-3-6(12)7(13)4-8(10,11)5(2)9/h3,5H,1,4H2,2H3. The fraction of sp³-hybridized carbons (Fsp3) is 0.500. The highest BCUT2D eigenvalue weighted by Crippen LogP contribution is 2.25. The van der Waals surface area contributed by atoms with Crippen LogP contribution >= 0.6 is 0 Å². The van der Waals surface area contributed by atoms with Crippen LogP contribution in [-0.2, 0) is 9.59 Å². The lowest BCUT2D eigenvalue weighted by atomic mass is 10.1. The lowest BCUT2D eigenvalue weighted by molar-refractivity contribution is -0.141. The maximum Gasteiger partial charge on any atom is 0.285 e. The van der Waals surface area contributed by atoms with Crippen LogP contribution in [0, 0.1) is 0 Å². The van der Waals surface area contributed by atoms with Crippen molar-refractivity contribution < 1.29 is 22.8 Å². The second-order valence-corrected chi connectivity index (χ2v) is 2.55. The highest BCUT2D eigenvalue weighted by atomic mass is 19.3. The van der Waals surface area contributed by atoms with Crippen LogP contribution in [0.4, 0.5) is 13.2 Å². The molecule has 13 heavy (non-hydrogen) atoms. The molecule has 0 heterocycles. The molecular formula is C8H9F3O2. The number of rotatable bonds is 5. The number of carbonyl (C=O) groups excluding carboxylic acids is 2. The number of hydrogen-bond donors (Lipinski definition) is 0. The quantitative estimate of drug-likeness (QED) is 0.493. The number of hydrogen-bond acceptors (Lipinski definition) is 2. The van der Waals surface area contributed by atoms with Crippen LogP contribution in [0.3, 0.4) is 0 Å². The maximum atomic E-state index is 12.5. The largest absolute Gasteiger partial charge is 0.290 e. The summed E-state index contributed by atoms with van der Waals surface area (Å²) in [4.78, 5) is 21.1. The number of ketones is 2. The summed E-state index contributed by atoms with van der Waals surface area (Å²) in [5, 5.41) is 0. The van der Waals surface area contributed by atoms with Crippen molar-refractivity contribution >= 4 is 11.6 Å². The Kier molecular flexibility index (Phi) is 3.84. The van der Waals surface area contributed by atoms with Gasteiger partial charge in [-0.15, -0.1) is 0 Å². The minimum absolute atomic E-state index is 0.626. The molecule has 0 radical (unpaired) electrons. The summed E-state index contributed by atoms with van der Waals surface area (Å²) in [6.45, 7) is 3.58. The topological polar surface area (TPSA) is 34.1 Å². The molecule has 5 heteroatoms. The van der Waals surface area contributed by atoms with Crippen LogP contribution in [0.1, 0.15) is 13.3 Å². The molecule has 0 aliphatic heterocycles. The number of Topliss-reactive ketones (excluding diaryl/α,β-unsaturated/α-hetero) is 1. The van der Waals surface area contributed by atoms with E-state index < -0.39 is 30.1 Å². The Bertz CT molecular complexity index is 234. The van der Waals surface area contributed by atoms with Crippen LogP contribution in [0.2, 0.25) is 0 Å². The van der Waals surface area contributed by atoms with Gasteiger partial charge in [-0.3, -0.25) is 9.59 Å². The predicted molar refractivity (Wildman–Crippen MR) is 40.3 cm³/mol. The van der Waals surface area contributed by atoms with Crippen LogP contribution in [-0.4, -0.2) is 23.7 Å². The van der Waals surface area contributed by atoms with Gasteiger partial charge in [0.15, 0.2) is 6.17 Å². The van der Waals surface area contributed by atoms with E-state index in [9.17, 15) is 22.8 Å². The molecule has 0 saturated heterocycles. The van der Waals surface area contributed by atoms with Crippen LogP contribution in [0.5, 0.6) is 0 Å². The van der Waals surface area contributed by atoms with Crippen LogP contribution in [0.15, 0.2) is 12.7 Å². The number of alkyl halides is 3. The molecule has 0 bridgehead atoms. The Morgan fingerprint density at radius 3 is 2.31 bits per heavy atom. The lowest BCUT2D eigenvalue weighted by Crippen LogP contribution is -2.32. The number of carbonyl (C=O) groups is 2. The van der Waals surface area contributed by atoms with Gasteiger partial charge < -0.3 is 0 Å². The van der Waals surface area contributed by atoms with E-state index in [0.717, 1.165) is 0 Å². The third-order valence-corrected chi connectivity index (χ3v) is 1.44. The van der Waals surface area contributed by atoms with Crippen molar-refractivity contribution in [3.8, 4) is 0 Å². The van der Waals surface area contributed by atoms with Gasteiger partial charge in [0.25, 0.3) is 5.92 Å². The fourth-order valence-corrected chi connectivity index (χ4v) is 0.556. The van der Waals surface area contributed by atoms with E-state index in [-0.39, 0.29) is 0 Å². The van der Waals surface area contributed by atoms with E-state index >= 15 is 0 Å². The lowest BCUT2D eigenvalue weighted by Gasteiger charge is -2.15. The van der Waals surface area contributed by atoms with Gasteiger partial charge in [0.05, 0.1) is 6.42 Å².